The number of hydrogen-bond donors (Lipinski definition) is 2. The highest BCUT2D eigenvalue weighted by Gasteiger charge is 2.45. The summed E-state index contributed by atoms with van der Waals surface area (Å²) >= 11 is 0. The van der Waals surface area contributed by atoms with Gasteiger partial charge >= 0.3 is 6.18 Å². The summed E-state index contributed by atoms with van der Waals surface area (Å²) in [6.45, 7) is 1.85. The number of halogens is 4. The molecule has 0 aromatic heterocycles. The molecule has 4 nitrogen and oxygen atoms in total. The Balaban J connectivity index is 1.70. The molecule has 1 saturated heterocycles. The normalized spacial score (nSPS) is 19.4. The third-order valence-electron chi connectivity index (χ3n) is 4.41. The zero-order chi connectivity index (χ0) is 18.4. The maximum absolute atomic E-state index is 12.9. The van der Waals surface area contributed by atoms with E-state index in [0.717, 1.165) is 5.56 Å². The van der Waals surface area contributed by atoms with Crippen LogP contribution >= 0.6 is 0 Å². The SMILES string of the molecule is O=C(NCC1CCN(CC(O)c2ccccc2)CC1)C(F)C(F)(F)F. The van der Waals surface area contributed by atoms with E-state index in [2.05, 4.69) is 4.90 Å². The summed E-state index contributed by atoms with van der Waals surface area (Å²) in [5.74, 6) is -1.62. The predicted molar refractivity (Wildman–Crippen MR) is 84.5 cm³/mol. The third-order valence-corrected chi connectivity index (χ3v) is 4.41. The maximum atomic E-state index is 12.9. The summed E-state index contributed by atoms with van der Waals surface area (Å²) in [6, 6.07) is 9.28. The molecule has 140 valence electrons. The Hall–Kier alpha value is -1.67. The summed E-state index contributed by atoms with van der Waals surface area (Å²) in [7, 11) is 0. The number of amides is 1. The molecule has 25 heavy (non-hydrogen) atoms. The van der Waals surface area contributed by atoms with Crippen LogP contribution in [0.15, 0.2) is 30.3 Å². The van der Waals surface area contributed by atoms with Crippen LogP contribution in [-0.2, 0) is 4.79 Å². The number of alkyl halides is 4. The first kappa shape index (κ1) is 19.7. The highest BCUT2D eigenvalue weighted by molar-refractivity contribution is 5.81. The topological polar surface area (TPSA) is 52.6 Å². The van der Waals surface area contributed by atoms with E-state index in [0.29, 0.717) is 32.5 Å². The van der Waals surface area contributed by atoms with E-state index in [9.17, 15) is 27.5 Å². The molecule has 0 radical (unpaired) electrons. The number of piperidine rings is 1. The second kappa shape index (κ2) is 8.62. The van der Waals surface area contributed by atoms with Gasteiger partial charge in [-0.15, -0.1) is 0 Å². The van der Waals surface area contributed by atoms with Crippen LogP contribution in [0.5, 0.6) is 0 Å². The van der Waals surface area contributed by atoms with Crippen LogP contribution in [0.25, 0.3) is 0 Å². The standard InChI is InChI=1S/C17H22F4N2O2/c18-15(17(19,20)21)16(25)22-10-12-6-8-23(9-7-12)11-14(24)13-4-2-1-3-5-13/h1-5,12,14-15,24H,6-11H2,(H,22,25). The average molecular weight is 362 g/mol. The lowest BCUT2D eigenvalue weighted by Gasteiger charge is -2.33. The van der Waals surface area contributed by atoms with E-state index in [1.807, 2.05) is 35.6 Å². The molecule has 0 bridgehead atoms. The number of benzene rings is 1. The molecule has 0 saturated carbocycles. The van der Waals surface area contributed by atoms with Crippen LogP contribution in [0.1, 0.15) is 24.5 Å². The molecule has 1 fully saturated rings. The van der Waals surface area contributed by atoms with Crippen molar-refractivity contribution in [2.45, 2.75) is 31.3 Å². The van der Waals surface area contributed by atoms with E-state index < -0.39 is 24.4 Å². The fourth-order valence-electron chi connectivity index (χ4n) is 2.88. The van der Waals surface area contributed by atoms with Gasteiger partial charge in [-0.1, -0.05) is 30.3 Å². The molecule has 0 aliphatic carbocycles. The van der Waals surface area contributed by atoms with Gasteiger partial charge in [0.1, 0.15) is 0 Å². The van der Waals surface area contributed by atoms with Gasteiger partial charge in [-0.3, -0.25) is 4.79 Å². The number of nitrogens with zero attached hydrogens (tertiary/aromatic N) is 1. The van der Waals surface area contributed by atoms with Gasteiger partial charge in [-0.2, -0.15) is 13.2 Å². The molecule has 2 atom stereocenters. The molecule has 1 heterocycles. The van der Waals surface area contributed by atoms with E-state index in [4.69, 9.17) is 0 Å². The minimum absolute atomic E-state index is 0.00880. The molecular weight excluding hydrogens is 340 g/mol. The molecular formula is C17H22F4N2O2. The number of rotatable bonds is 6. The lowest BCUT2D eigenvalue weighted by atomic mass is 9.96. The zero-order valence-corrected chi connectivity index (χ0v) is 13.7. The molecule has 1 amide bonds. The molecule has 1 aliphatic heterocycles. The van der Waals surface area contributed by atoms with Gasteiger partial charge in [-0.05, 0) is 37.4 Å². The molecule has 2 rings (SSSR count). The number of β-amino-alcohol motifs (C(OH)–C–C–N with tert-alkyl or cyclic N) is 1. The van der Waals surface area contributed by atoms with Crippen molar-refractivity contribution in [3.05, 3.63) is 35.9 Å². The molecule has 1 aliphatic rings. The molecule has 8 heteroatoms. The Labute approximate surface area is 143 Å². The Morgan fingerprint density at radius 3 is 2.40 bits per heavy atom. The summed E-state index contributed by atoms with van der Waals surface area (Å²) in [5.41, 5.74) is 0.832. The van der Waals surface area contributed by atoms with E-state index in [1.54, 1.807) is 0 Å². The summed E-state index contributed by atoms with van der Waals surface area (Å²) in [5, 5.41) is 12.2. The summed E-state index contributed by atoms with van der Waals surface area (Å²) in [4.78, 5) is 13.2. The van der Waals surface area contributed by atoms with Crippen LogP contribution in [0.4, 0.5) is 17.6 Å². The highest BCUT2D eigenvalue weighted by Crippen LogP contribution is 2.24. The lowest BCUT2D eigenvalue weighted by Crippen LogP contribution is -2.45. The molecule has 0 spiro atoms. The van der Waals surface area contributed by atoms with Gasteiger partial charge in [0.15, 0.2) is 0 Å². The van der Waals surface area contributed by atoms with Gasteiger partial charge in [0.2, 0.25) is 0 Å². The van der Waals surface area contributed by atoms with Crippen molar-refractivity contribution in [3.8, 4) is 0 Å². The van der Waals surface area contributed by atoms with Crippen LogP contribution in [0.3, 0.4) is 0 Å². The van der Waals surface area contributed by atoms with Gasteiger partial charge < -0.3 is 15.3 Å². The van der Waals surface area contributed by atoms with Crippen LogP contribution in [0.2, 0.25) is 0 Å². The number of likely N-dealkylation sites (tertiary alicyclic amines) is 1. The monoisotopic (exact) mass is 362 g/mol. The summed E-state index contributed by atoms with van der Waals surface area (Å²) < 4.78 is 49.2. The molecule has 2 N–H and O–H groups in total. The Kier molecular flexibility index (Phi) is 6.78. The Morgan fingerprint density at radius 1 is 1.24 bits per heavy atom. The molecule has 1 aromatic carbocycles. The van der Waals surface area contributed by atoms with Gasteiger partial charge in [0.05, 0.1) is 6.10 Å². The fourth-order valence-corrected chi connectivity index (χ4v) is 2.88. The van der Waals surface area contributed by atoms with Crippen LogP contribution in [0, 0.1) is 5.92 Å². The predicted octanol–water partition coefficient (Wildman–Crippen LogP) is 2.45. The van der Waals surface area contributed by atoms with Crippen molar-refractivity contribution in [3.63, 3.8) is 0 Å². The number of hydrogen-bond acceptors (Lipinski definition) is 3. The summed E-state index contributed by atoms with van der Waals surface area (Å²) in [6.07, 6.45) is -7.90. The van der Waals surface area contributed by atoms with Crippen LogP contribution < -0.4 is 5.32 Å². The smallest absolute Gasteiger partial charge is 0.387 e. The van der Waals surface area contributed by atoms with Crippen molar-refractivity contribution in [2.75, 3.05) is 26.2 Å². The van der Waals surface area contributed by atoms with E-state index >= 15 is 0 Å². The largest absolute Gasteiger partial charge is 0.428 e. The fraction of sp³-hybridized carbons (Fsp3) is 0.588. The van der Waals surface area contributed by atoms with Gasteiger partial charge in [-0.25, -0.2) is 4.39 Å². The number of aliphatic hydroxyl groups excluding tert-OH is 1. The molecule has 2 unspecified atom stereocenters. The quantitative estimate of drug-likeness (QED) is 0.765. The third kappa shape index (κ3) is 5.97. The van der Waals surface area contributed by atoms with Gasteiger partial charge in [0.25, 0.3) is 12.1 Å². The Morgan fingerprint density at radius 2 is 1.84 bits per heavy atom. The highest BCUT2D eigenvalue weighted by atomic mass is 19.4. The van der Waals surface area contributed by atoms with Crippen molar-refractivity contribution in [2.24, 2.45) is 5.92 Å². The average Bonchev–Trinajstić information content (AvgIpc) is 2.60. The second-order valence-electron chi connectivity index (χ2n) is 6.32. The lowest BCUT2D eigenvalue weighted by molar-refractivity contribution is -0.186. The maximum Gasteiger partial charge on any atom is 0.428 e. The van der Waals surface area contributed by atoms with E-state index in [1.165, 1.54) is 0 Å². The number of nitrogens with one attached hydrogen (secondary N) is 1. The van der Waals surface area contributed by atoms with Crippen molar-refractivity contribution < 1.29 is 27.5 Å². The van der Waals surface area contributed by atoms with Crippen molar-refractivity contribution in [1.82, 2.24) is 10.2 Å². The first-order valence-electron chi connectivity index (χ1n) is 8.21. The minimum Gasteiger partial charge on any atom is -0.387 e. The number of aliphatic hydroxyl groups is 1. The second-order valence-corrected chi connectivity index (χ2v) is 6.32. The van der Waals surface area contributed by atoms with Crippen molar-refractivity contribution >= 4 is 5.91 Å². The van der Waals surface area contributed by atoms with E-state index in [-0.39, 0.29) is 12.5 Å². The van der Waals surface area contributed by atoms with Crippen molar-refractivity contribution in [1.29, 1.82) is 0 Å². The number of carbonyl (C=O) groups is 1. The molecule has 1 aromatic rings. The Bertz CT molecular complexity index is 545. The van der Waals surface area contributed by atoms with Crippen LogP contribution in [-0.4, -0.2) is 54.4 Å². The number of carbonyl (C=O) groups excluding carboxylic acids is 1. The zero-order valence-electron chi connectivity index (χ0n) is 13.7. The first-order valence-corrected chi connectivity index (χ1v) is 8.21. The first-order chi connectivity index (χ1) is 11.8. The minimum atomic E-state index is -5.17. The van der Waals surface area contributed by atoms with Gasteiger partial charge in [0, 0.05) is 13.1 Å².